The Morgan fingerprint density at radius 1 is 1.06 bits per heavy atom. The van der Waals surface area contributed by atoms with Gasteiger partial charge in [0.05, 0.1) is 4.47 Å². The van der Waals surface area contributed by atoms with Gasteiger partial charge in [-0.3, -0.25) is 0 Å². The van der Waals surface area contributed by atoms with Gasteiger partial charge in [0.15, 0.2) is 5.82 Å². The van der Waals surface area contributed by atoms with Crippen molar-refractivity contribution in [1.29, 1.82) is 0 Å². The highest BCUT2D eigenvalue weighted by atomic mass is 79.9. The Hall–Kier alpha value is -0.610. The van der Waals surface area contributed by atoms with E-state index < -0.39 is 0 Å². The first kappa shape index (κ1) is 11.9. The fraction of sp³-hybridized carbons (Fsp3) is 0.250. The maximum Gasteiger partial charge on any atom is 0.151 e. The molecular formula is C12H12Br2N2. The number of halogens is 2. The lowest BCUT2D eigenvalue weighted by Crippen LogP contribution is -2.03. The highest BCUT2D eigenvalue weighted by Gasteiger charge is 2.12. The zero-order chi connectivity index (χ0) is 11.9. The Morgan fingerprint density at radius 3 is 2.19 bits per heavy atom. The standard InChI is InChI=1S/C12H12Br2N2/c1-7-4-5-8(2)16(7)12-11(14)9(3)10(13)6-15-12/h4-6H,1-3H3. The molecule has 0 spiro atoms. The minimum atomic E-state index is 0.945. The lowest BCUT2D eigenvalue weighted by molar-refractivity contribution is 0.910. The minimum absolute atomic E-state index is 0.945. The molecule has 0 aromatic carbocycles. The van der Waals surface area contributed by atoms with Crippen molar-refractivity contribution < 1.29 is 0 Å². The Morgan fingerprint density at radius 2 is 1.62 bits per heavy atom. The maximum absolute atomic E-state index is 4.47. The normalized spacial score (nSPS) is 10.8. The van der Waals surface area contributed by atoms with E-state index in [2.05, 4.69) is 74.3 Å². The summed E-state index contributed by atoms with van der Waals surface area (Å²) in [5.74, 6) is 0.945. The summed E-state index contributed by atoms with van der Waals surface area (Å²) < 4.78 is 4.19. The van der Waals surface area contributed by atoms with Crippen LogP contribution in [0.4, 0.5) is 0 Å². The fourth-order valence-corrected chi connectivity index (χ4v) is 2.76. The topological polar surface area (TPSA) is 17.8 Å². The van der Waals surface area contributed by atoms with Crippen molar-refractivity contribution in [2.24, 2.45) is 0 Å². The third-order valence-corrected chi connectivity index (χ3v) is 4.42. The number of rotatable bonds is 1. The first-order chi connectivity index (χ1) is 7.52. The number of hydrogen-bond acceptors (Lipinski definition) is 1. The Balaban J connectivity index is 2.71. The van der Waals surface area contributed by atoms with Gasteiger partial charge in [0.2, 0.25) is 0 Å². The van der Waals surface area contributed by atoms with Crippen LogP contribution in [0.5, 0.6) is 0 Å². The van der Waals surface area contributed by atoms with Gasteiger partial charge in [0.1, 0.15) is 0 Å². The van der Waals surface area contributed by atoms with Crippen molar-refractivity contribution in [3.8, 4) is 5.82 Å². The summed E-state index contributed by atoms with van der Waals surface area (Å²) in [7, 11) is 0. The van der Waals surface area contributed by atoms with E-state index in [4.69, 9.17) is 0 Å². The van der Waals surface area contributed by atoms with Crippen LogP contribution in [-0.2, 0) is 0 Å². The van der Waals surface area contributed by atoms with E-state index in [0.717, 1.165) is 20.3 Å². The Kier molecular flexibility index (Phi) is 3.22. The van der Waals surface area contributed by atoms with Crippen LogP contribution in [0.1, 0.15) is 17.0 Å². The summed E-state index contributed by atoms with van der Waals surface area (Å²) in [6.07, 6.45) is 1.84. The molecule has 2 nitrogen and oxygen atoms in total. The second kappa shape index (κ2) is 4.34. The van der Waals surface area contributed by atoms with E-state index in [1.165, 1.54) is 11.4 Å². The molecule has 0 amide bonds. The van der Waals surface area contributed by atoms with Crippen molar-refractivity contribution in [1.82, 2.24) is 9.55 Å². The first-order valence-electron chi connectivity index (χ1n) is 4.98. The molecule has 2 heterocycles. The largest absolute Gasteiger partial charge is 0.302 e. The second-order valence-electron chi connectivity index (χ2n) is 3.82. The number of nitrogens with zero attached hydrogens (tertiary/aromatic N) is 2. The monoisotopic (exact) mass is 342 g/mol. The second-order valence-corrected chi connectivity index (χ2v) is 5.47. The van der Waals surface area contributed by atoms with Gasteiger partial charge in [-0.15, -0.1) is 0 Å². The van der Waals surface area contributed by atoms with Gasteiger partial charge in [0, 0.05) is 22.1 Å². The molecule has 84 valence electrons. The molecule has 0 aliphatic carbocycles. The summed E-state index contributed by atoms with van der Waals surface area (Å²) in [5, 5.41) is 0. The lowest BCUT2D eigenvalue weighted by Gasteiger charge is -2.12. The molecule has 2 aromatic rings. The summed E-state index contributed by atoms with van der Waals surface area (Å²) in [5.41, 5.74) is 3.54. The van der Waals surface area contributed by atoms with Crippen LogP contribution in [-0.4, -0.2) is 9.55 Å². The number of aryl methyl sites for hydroxylation is 2. The van der Waals surface area contributed by atoms with Crippen molar-refractivity contribution in [3.63, 3.8) is 0 Å². The van der Waals surface area contributed by atoms with Gasteiger partial charge in [0.25, 0.3) is 0 Å². The van der Waals surface area contributed by atoms with Crippen LogP contribution >= 0.6 is 31.9 Å². The molecular weight excluding hydrogens is 332 g/mol. The molecule has 0 radical (unpaired) electrons. The molecule has 0 aliphatic heterocycles. The fourth-order valence-electron chi connectivity index (χ4n) is 1.70. The van der Waals surface area contributed by atoms with E-state index in [-0.39, 0.29) is 0 Å². The van der Waals surface area contributed by atoms with Crippen LogP contribution in [0.3, 0.4) is 0 Å². The van der Waals surface area contributed by atoms with E-state index in [9.17, 15) is 0 Å². The molecule has 0 N–H and O–H groups in total. The van der Waals surface area contributed by atoms with E-state index in [1.54, 1.807) is 0 Å². The van der Waals surface area contributed by atoms with E-state index in [1.807, 2.05) is 6.20 Å². The number of pyridine rings is 1. The van der Waals surface area contributed by atoms with E-state index >= 15 is 0 Å². The zero-order valence-corrected chi connectivity index (χ0v) is 12.6. The predicted molar refractivity (Wildman–Crippen MR) is 73.2 cm³/mol. The predicted octanol–water partition coefficient (Wildman–Crippen LogP) is 4.32. The zero-order valence-electron chi connectivity index (χ0n) is 9.38. The van der Waals surface area contributed by atoms with Gasteiger partial charge < -0.3 is 4.57 Å². The number of hydrogen-bond donors (Lipinski definition) is 0. The van der Waals surface area contributed by atoms with Gasteiger partial charge in [-0.1, -0.05) is 0 Å². The summed E-state index contributed by atoms with van der Waals surface area (Å²) >= 11 is 7.09. The maximum atomic E-state index is 4.47. The average Bonchev–Trinajstić information content (AvgIpc) is 2.57. The average molecular weight is 344 g/mol. The molecule has 0 fully saturated rings. The van der Waals surface area contributed by atoms with Gasteiger partial charge in [-0.05, 0) is 70.3 Å². The molecule has 2 rings (SSSR count). The van der Waals surface area contributed by atoms with Crippen LogP contribution in [0, 0.1) is 20.8 Å². The van der Waals surface area contributed by atoms with Gasteiger partial charge >= 0.3 is 0 Å². The summed E-state index contributed by atoms with van der Waals surface area (Å²) in [4.78, 5) is 4.47. The van der Waals surface area contributed by atoms with Crippen molar-refractivity contribution in [3.05, 3.63) is 44.2 Å². The minimum Gasteiger partial charge on any atom is -0.302 e. The first-order valence-corrected chi connectivity index (χ1v) is 6.57. The third-order valence-electron chi connectivity index (χ3n) is 2.67. The molecule has 0 saturated carbocycles. The Labute approximate surface area is 112 Å². The van der Waals surface area contributed by atoms with Gasteiger partial charge in [-0.25, -0.2) is 4.98 Å². The molecule has 0 atom stereocenters. The third kappa shape index (κ3) is 1.84. The Bertz CT molecular complexity index is 525. The van der Waals surface area contributed by atoms with Crippen LogP contribution in [0.25, 0.3) is 5.82 Å². The van der Waals surface area contributed by atoms with Crippen molar-refractivity contribution in [2.75, 3.05) is 0 Å². The lowest BCUT2D eigenvalue weighted by atomic mass is 10.3. The molecule has 2 aromatic heterocycles. The summed E-state index contributed by atoms with van der Waals surface area (Å²) in [6.45, 7) is 6.23. The highest BCUT2D eigenvalue weighted by Crippen LogP contribution is 2.30. The van der Waals surface area contributed by atoms with Crippen LogP contribution in [0.15, 0.2) is 27.3 Å². The van der Waals surface area contributed by atoms with Crippen LogP contribution in [0.2, 0.25) is 0 Å². The smallest absolute Gasteiger partial charge is 0.151 e. The molecule has 16 heavy (non-hydrogen) atoms. The molecule has 0 saturated heterocycles. The SMILES string of the molecule is Cc1c(Br)cnc(-n2c(C)ccc2C)c1Br. The molecule has 0 unspecified atom stereocenters. The van der Waals surface area contributed by atoms with Crippen LogP contribution < -0.4 is 0 Å². The van der Waals surface area contributed by atoms with Gasteiger partial charge in [-0.2, -0.15) is 0 Å². The number of aromatic nitrogens is 2. The summed E-state index contributed by atoms with van der Waals surface area (Å²) in [6, 6.07) is 4.20. The van der Waals surface area contributed by atoms with E-state index in [0.29, 0.717) is 0 Å². The highest BCUT2D eigenvalue weighted by molar-refractivity contribution is 9.11. The molecule has 4 heteroatoms. The molecule has 0 bridgehead atoms. The quantitative estimate of drug-likeness (QED) is 0.753. The van der Waals surface area contributed by atoms with Crippen molar-refractivity contribution in [2.45, 2.75) is 20.8 Å². The molecule has 0 aliphatic rings. The van der Waals surface area contributed by atoms with Crippen molar-refractivity contribution >= 4 is 31.9 Å².